The van der Waals surface area contributed by atoms with E-state index >= 15 is 4.39 Å². The van der Waals surface area contributed by atoms with Gasteiger partial charge in [0.2, 0.25) is 0 Å². The number of nitro benzene ring substituents is 1. The molecule has 3 fully saturated rings. The Labute approximate surface area is 439 Å². The molecule has 3 aliphatic heterocycles. The van der Waals surface area contributed by atoms with Crippen molar-refractivity contribution < 1.29 is 27.4 Å². The fourth-order valence-electron chi connectivity index (χ4n) is 10.4. The number of benzene rings is 5. The number of anilines is 4. The van der Waals surface area contributed by atoms with E-state index in [0.717, 1.165) is 84.8 Å². The lowest BCUT2D eigenvalue weighted by molar-refractivity contribution is -0.383. The minimum Gasteiger partial charge on any atom is -0.393 e. The van der Waals surface area contributed by atoms with Crippen molar-refractivity contribution in [2.24, 2.45) is 0 Å². The summed E-state index contributed by atoms with van der Waals surface area (Å²) in [6.07, 6.45) is 4.11. The molecule has 4 heterocycles. The highest BCUT2D eigenvalue weighted by molar-refractivity contribution is 7.99. The molecule has 0 radical (unpaired) electrons. The first-order chi connectivity index (χ1) is 35.1. The Morgan fingerprint density at radius 2 is 1.53 bits per heavy atom. The molecular weight excluding hydrogens is 1000 g/mol. The Kier molecular flexibility index (Phi) is 16.7. The Morgan fingerprint density at radius 3 is 2.19 bits per heavy atom. The van der Waals surface area contributed by atoms with Gasteiger partial charge in [0.15, 0.2) is 18.1 Å². The molecule has 3 saturated heterocycles. The van der Waals surface area contributed by atoms with Crippen LogP contribution < -0.4 is 25.1 Å². The third-order valence-corrected chi connectivity index (χ3v) is 18.7. The van der Waals surface area contributed by atoms with E-state index in [2.05, 4.69) is 61.1 Å². The molecule has 2 N–H and O–H groups in total. The predicted octanol–water partition coefficient (Wildman–Crippen LogP) is 11.4. The minimum absolute atomic E-state index is 0.0237. The van der Waals surface area contributed by atoms with Gasteiger partial charge in [-0.3, -0.25) is 10.1 Å². The lowest BCUT2D eigenvalue weighted by Gasteiger charge is -2.38. The molecule has 5 aromatic carbocycles. The lowest BCUT2D eigenvalue weighted by Crippen LogP contribution is -2.46. The number of rotatable bonds is 17. The first-order valence-electron chi connectivity index (χ1n) is 25.1. The summed E-state index contributed by atoms with van der Waals surface area (Å²) in [7, 11) is -5.10. The number of aromatic nitrogens is 1. The first-order valence-corrected chi connectivity index (χ1v) is 29.5. The second-order valence-electron chi connectivity index (χ2n) is 19.4. The molecule has 73 heavy (non-hydrogen) atoms. The minimum atomic E-state index is -3.74. The zero-order valence-corrected chi connectivity index (χ0v) is 45.1. The molecule has 18 heteroatoms. The number of sulfone groups is 1. The van der Waals surface area contributed by atoms with Crippen molar-refractivity contribution in [2.75, 3.05) is 90.8 Å². The number of thioether (sulfide) groups is 1. The van der Waals surface area contributed by atoms with Gasteiger partial charge in [0, 0.05) is 126 Å². The molecule has 0 saturated carbocycles. The van der Waals surface area contributed by atoms with Gasteiger partial charge in [-0.25, -0.2) is 12.8 Å². The molecule has 6 aromatic rings. The maximum Gasteiger partial charge on any atom is 0.293 e. The molecule has 0 unspecified atom stereocenters. The Bertz CT molecular complexity index is 2990. The normalized spacial score (nSPS) is 17.6. The van der Waals surface area contributed by atoms with Crippen molar-refractivity contribution in [1.82, 2.24) is 9.47 Å². The van der Waals surface area contributed by atoms with Crippen molar-refractivity contribution in [2.45, 2.75) is 74.4 Å². The molecule has 386 valence electrons. The fraction of sp³-hybridized carbons (Fsp3) is 0.382. The summed E-state index contributed by atoms with van der Waals surface area (Å²) in [5.74, 6) is 0.287. The third kappa shape index (κ3) is 12.3. The van der Waals surface area contributed by atoms with E-state index in [-0.39, 0.29) is 33.7 Å². The van der Waals surface area contributed by atoms with Gasteiger partial charge in [-0.2, -0.15) is 0 Å². The van der Waals surface area contributed by atoms with Crippen LogP contribution in [0.25, 0.3) is 22.4 Å². The summed E-state index contributed by atoms with van der Waals surface area (Å²) in [6, 6.07) is 36.1. The van der Waals surface area contributed by atoms with Gasteiger partial charge in [-0.1, -0.05) is 41.9 Å². The van der Waals surface area contributed by atoms with Crippen LogP contribution in [0.4, 0.5) is 32.8 Å². The van der Waals surface area contributed by atoms with Crippen molar-refractivity contribution in [3.63, 3.8) is 0 Å². The predicted molar refractivity (Wildman–Crippen MR) is 298 cm³/mol. The molecule has 0 spiro atoms. The molecular formula is C55H64ClFN7O6PS2. The second-order valence-corrected chi connectivity index (χ2v) is 24.7. The number of piperazine rings is 1. The number of piperidine rings is 1. The lowest BCUT2D eigenvalue weighted by atomic mass is 9.99. The number of aliphatic hydroxyl groups excluding tert-OH is 1. The maximum absolute atomic E-state index is 15.8. The number of nitrogens with zero attached hydrogens (tertiary/aromatic N) is 6. The number of likely N-dealkylation sites (tertiary alicyclic amines) is 1. The molecule has 1 aromatic heterocycles. The van der Waals surface area contributed by atoms with Gasteiger partial charge < -0.3 is 38.9 Å². The van der Waals surface area contributed by atoms with Crippen LogP contribution in [0.1, 0.15) is 51.3 Å². The zero-order chi connectivity index (χ0) is 51.4. The van der Waals surface area contributed by atoms with Crippen molar-refractivity contribution >= 4 is 75.2 Å². The average Bonchev–Trinajstić information content (AvgIpc) is 3.72. The fourth-order valence-corrected chi connectivity index (χ4v) is 14.7. The summed E-state index contributed by atoms with van der Waals surface area (Å²) in [4.78, 5) is 20.6. The number of hydrogen-bond donors (Lipinski definition) is 2. The Balaban J connectivity index is 0.897. The third-order valence-electron chi connectivity index (χ3n) is 14.0. The highest BCUT2D eigenvalue weighted by Gasteiger charge is 2.32. The zero-order valence-electron chi connectivity index (χ0n) is 41.8. The Morgan fingerprint density at radius 1 is 0.863 bits per heavy atom. The smallest absolute Gasteiger partial charge is 0.293 e. The SMILES string of the molecule is Cc1c(S(C)(=O)=O)c(-c2cc(F)cc(N3CCN(c4ccc(N5CCCO[P@@]5c5ccc(N[C@H](CCN6CCC(O)CC6)CSc6ccccc6)c([N+](=O)[O-])c5)cc4)CC3)c2)c(-c2ccc(Cl)cc2)n1C(C)C. The highest BCUT2D eigenvalue weighted by atomic mass is 35.5. The number of aliphatic hydroxyl groups is 1. The van der Waals surface area contributed by atoms with E-state index in [1.54, 1.807) is 30.0 Å². The topological polar surface area (TPSA) is 137 Å². The van der Waals surface area contributed by atoms with E-state index in [9.17, 15) is 23.6 Å². The molecule has 2 atom stereocenters. The second kappa shape index (κ2) is 23.1. The van der Waals surface area contributed by atoms with Gasteiger partial charge in [-0.05, 0) is 136 Å². The van der Waals surface area contributed by atoms with Crippen LogP contribution >= 0.6 is 31.7 Å². The molecule has 0 bridgehead atoms. The van der Waals surface area contributed by atoms with E-state index in [4.69, 9.17) is 16.1 Å². The van der Waals surface area contributed by atoms with Crippen LogP contribution in [0.3, 0.4) is 0 Å². The first kappa shape index (κ1) is 52.7. The standard InChI is InChI=1S/C55H64ClFN7O6PS2/c1-38(2)63-39(3)55(73(4,68)69)53(54(63)40-11-13-42(56)14-12-40)41-33-43(57)35-47(34-41)61-30-28-60(29-31-61)45-15-17-46(18-16-45)62-24-8-32-70-71(62)49-19-20-51(52(36-49)64(66)67)58-44(37-72-50-9-6-5-7-10-50)21-25-59-26-22-48(65)23-27-59/h5-7,9-20,33-36,38,44,48,58,65H,8,21-32,37H2,1-4H3/t44-,71+/m1/s1. The summed E-state index contributed by atoms with van der Waals surface area (Å²) < 4.78 is 53.6. The number of hydrogen-bond acceptors (Lipinski definition) is 12. The van der Waals surface area contributed by atoms with Crippen LogP contribution in [0.2, 0.25) is 5.02 Å². The van der Waals surface area contributed by atoms with E-state index in [1.807, 2.05) is 73.9 Å². The van der Waals surface area contributed by atoms with Gasteiger partial charge in [0.05, 0.1) is 28.2 Å². The molecule has 13 nitrogen and oxygen atoms in total. The Hall–Kier alpha value is -5.19. The number of halogens is 2. The van der Waals surface area contributed by atoms with E-state index in [0.29, 0.717) is 71.7 Å². The molecule has 0 aliphatic carbocycles. The molecule has 0 amide bonds. The van der Waals surface area contributed by atoms with Crippen molar-refractivity contribution in [3.8, 4) is 22.4 Å². The van der Waals surface area contributed by atoms with Crippen LogP contribution in [0.5, 0.6) is 0 Å². The number of nitrogens with one attached hydrogen (secondary N) is 1. The van der Waals surface area contributed by atoms with Gasteiger partial charge in [0.25, 0.3) is 5.69 Å². The summed E-state index contributed by atoms with van der Waals surface area (Å²) in [5, 5.41) is 27.7. The molecule has 9 rings (SSSR count). The van der Waals surface area contributed by atoms with Crippen molar-refractivity contribution in [1.29, 1.82) is 0 Å². The monoisotopic (exact) mass is 1070 g/mol. The van der Waals surface area contributed by atoms with Crippen LogP contribution in [-0.4, -0.2) is 111 Å². The van der Waals surface area contributed by atoms with Crippen molar-refractivity contribution in [3.05, 3.63) is 142 Å². The highest BCUT2D eigenvalue weighted by Crippen LogP contribution is 2.49. The van der Waals surface area contributed by atoms with E-state index < -0.39 is 24.0 Å². The van der Waals surface area contributed by atoms with Gasteiger partial charge in [0.1, 0.15) is 11.5 Å². The largest absolute Gasteiger partial charge is 0.393 e. The van der Waals surface area contributed by atoms with Gasteiger partial charge in [-0.15, -0.1) is 11.8 Å². The summed E-state index contributed by atoms with van der Waals surface area (Å²) in [5.41, 5.74) is 6.27. The van der Waals surface area contributed by atoms with Crippen LogP contribution in [0.15, 0.2) is 125 Å². The summed E-state index contributed by atoms with van der Waals surface area (Å²) >= 11 is 8.02. The number of nitro groups is 1. The van der Waals surface area contributed by atoms with E-state index in [1.165, 1.54) is 18.4 Å². The quantitative estimate of drug-likeness (QED) is 0.0389. The molecule has 3 aliphatic rings. The average molecular weight is 1070 g/mol. The maximum atomic E-state index is 15.8. The van der Waals surface area contributed by atoms with Gasteiger partial charge >= 0.3 is 0 Å². The van der Waals surface area contributed by atoms with Crippen LogP contribution in [-0.2, 0) is 14.4 Å². The summed E-state index contributed by atoms with van der Waals surface area (Å²) in [6.45, 7) is 12.2. The van der Waals surface area contributed by atoms with Crippen LogP contribution in [0, 0.1) is 22.9 Å².